The molecule has 3 N–H and O–H groups in total. The van der Waals surface area contributed by atoms with Crippen molar-refractivity contribution in [1.29, 1.82) is 0 Å². The van der Waals surface area contributed by atoms with Crippen LogP contribution < -0.4 is 11.1 Å². The summed E-state index contributed by atoms with van der Waals surface area (Å²) in [6.07, 6.45) is 0. The molecule has 0 aliphatic carbocycles. The lowest BCUT2D eigenvalue weighted by atomic mass is 9.74. The van der Waals surface area contributed by atoms with E-state index < -0.39 is 11.0 Å². The molecule has 4 heteroatoms. The smallest absolute Gasteiger partial charge is 0.227 e. The predicted octanol–water partition coefficient (Wildman–Crippen LogP) is 1.71. The van der Waals surface area contributed by atoms with Gasteiger partial charge in [0.15, 0.2) is 0 Å². The number of carbonyl (C=O) groups is 1. The van der Waals surface area contributed by atoms with Crippen LogP contribution in [0.4, 0.5) is 0 Å². The largest absolute Gasteiger partial charge is 0.350 e. The maximum Gasteiger partial charge on any atom is 0.227 e. The van der Waals surface area contributed by atoms with Gasteiger partial charge < -0.3 is 15.6 Å². The molecule has 0 unspecified atom stereocenters. The Morgan fingerprint density at radius 1 is 1.33 bits per heavy atom. The summed E-state index contributed by atoms with van der Waals surface area (Å²) in [5, 5.41) is 2.96. The number of amides is 1. The molecule has 0 aromatic carbocycles. The Balaban J connectivity index is 2.70. The molecule has 1 aromatic heterocycles. The highest BCUT2D eigenvalue weighted by atomic mass is 16.2. The maximum absolute atomic E-state index is 12.2. The molecule has 1 aromatic rings. The summed E-state index contributed by atoms with van der Waals surface area (Å²) in [5.74, 6) is -0.0196. The Morgan fingerprint density at radius 3 is 2.28 bits per heavy atom. The number of aromatic nitrogens is 1. The van der Waals surface area contributed by atoms with Crippen LogP contribution in [0.25, 0.3) is 0 Å². The summed E-state index contributed by atoms with van der Waals surface area (Å²) in [6.45, 7) is 10.1. The van der Waals surface area contributed by atoms with Crippen molar-refractivity contribution < 1.29 is 4.79 Å². The molecule has 1 amide bonds. The summed E-state index contributed by atoms with van der Waals surface area (Å²) in [6, 6.07) is 4.07. The quantitative estimate of drug-likeness (QED) is 0.856. The summed E-state index contributed by atoms with van der Waals surface area (Å²) in [4.78, 5) is 12.2. The fourth-order valence-electron chi connectivity index (χ4n) is 1.53. The lowest BCUT2D eigenvalue weighted by molar-refractivity contribution is -0.132. The van der Waals surface area contributed by atoms with Gasteiger partial charge in [-0.05, 0) is 46.8 Å². The first-order chi connectivity index (χ1) is 8.07. The van der Waals surface area contributed by atoms with Crippen LogP contribution in [-0.2, 0) is 18.4 Å². The number of aryl methyl sites for hydroxylation is 1. The minimum absolute atomic E-state index is 0.0196. The van der Waals surface area contributed by atoms with Gasteiger partial charge in [-0.15, -0.1) is 0 Å². The van der Waals surface area contributed by atoms with Gasteiger partial charge in [-0.2, -0.15) is 0 Å². The van der Waals surface area contributed by atoms with E-state index in [1.165, 1.54) is 5.69 Å². The van der Waals surface area contributed by atoms with E-state index in [9.17, 15) is 4.79 Å². The van der Waals surface area contributed by atoms with Gasteiger partial charge in [-0.1, -0.05) is 0 Å². The Kier molecular flexibility index (Phi) is 3.91. The summed E-state index contributed by atoms with van der Waals surface area (Å²) in [7, 11) is 1.99. The van der Waals surface area contributed by atoms with Gasteiger partial charge in [0.1, 0.15) is 0 Å². The van der Waals surface area contributed by atoms with Crippen LogP contribution in [0.2, 0.25) is 0 Å². The zero-order valence-electron chi connectivity index (χ0n) is 12.3. The van der Waals surface area contributed by atoms with Gasteiger partial charge in [0.05, 0.1) is 12.0 Å². The molecule has 1 heterocycles. The Labute approximate surface area is 110 Å². The fraction of sp³-hybridized carbons (Fsp3) is 0.643. The average Bonchev–Trinajstić information content (AvgIpc) is 2.55. The van der Waals surface area contributed by atoms with Crippen molar-refractivity contribution in [2.75, 3.05) is 0 Å². The molecular weight excluding hydrogens is 226 g/mol. The SMILES string of the molecule is Cc1ccc(CNC(=O)C(C)(C)C(C)(C)N)n1C. The van der Waals surface area contributed by atoms with Crippen molar-refractivity contribution in [2.45, 2.75) is 46.7 Å². The molecule has 0 fully saturated rings. The van der Waals surface area contributed by atoms with Crippen molar-refractivity contribution in [3.8, 4) is 0 Å². The van der Waals surface area contributed by atoms with Crippen molar-refractivity contribution in [3.63, 3.8) is 0 Å². The van der Waals surface area contributed by atoms with E-state index in [1.807, 2.05) is 53.8 Å². The van der Waals surface area contributed by atoms with Gasteiger partial charge >= 0.3 is 0 Å². The Hall–Kier alpha value is -1.29. The number of nitrogens with zero attached hydrogens (tertiary/aromatic N) is 1. The summed E-state index contributed by atoms with van der Waals surface area (Å²) < 4.78 is 2.07. The van der Waals surface area contributed by atoms with Crippen LogP contribution >= 0.6 is 0 Å². The topological polar surface area (TPSA) is 60.1 Å². The highest BCUT2D eigenvalue weighted by Crippen LogP contribution is 2.28. The summed E-state index contributed by atoms with van der Waals surface area (Å²) in [5.41, 5.74) is 7.16. The Morgan fingerprint density at radius 2 is 1.89 bits per heavy atom. The van der Waals surface area contributed by atoms with Crippen molar-refractivity contribution in [3.05, 3.63) is 23.5 Å². The van der Waals surface area contributed by atoms with Crippen molar-refractivity contribution in [2.24, 2.45) is 18.2 Å². The van der Waals surface area contributed by atoms with Gasteiger partial charge in [-0.3, -0.25) is 4.79 Å². The molecule has 0 bridgehead atoms. The van der Waals surface area contributed by atoms with Crippen molar-refractivity contribution >= 4 is 5.91 Å². The maximum atomic E-state index is 12.2. The van der Waals surface area contributed by atoms with Crippen LogP contribution in [0.3, 0.4) is 0 Å². The zero-order valence-corrected chi connectivity index (χ0v) is 12.3. The highest BCUT2D eigenvalue weighted by Gasteiger charge is 2.40. The third-order valence-electron chi connectivity index (χ3n) is 4.09. The molecule has 0 aliphatic rings. The van der Waals surface area contributed by atoms with Crippen LogP contribution in [0.15, 0.2) is 12.1 Å². The van der Waals surface area contributed by atoms with E-state index in [1.54, 1.807) is 0 Å². The van der Waals surface area contributed by atoms with Gasteiger partial charge in [-0.25, -0.2) is 0 Å². The number of nitrogens with two attached hydrogens (primary N) is 1. The average molecular weight is 251 g/mol. The van der Waals surface area contributed by atoms with Gasteiger partial charge in [0.25, 0.3) is 0 Å². The zero-order chi connectivity index (χ0) is 14.1. The first-order valence-electron chi connectivity index (χ1n) is 6.26. The highest BCUT2D eigenvalue weighted by molar-refractivity contribution is 5.83. The summed E-state index contributed by atoms with van der Waals surface area (Å²) >= 11 is 0. The molecule has 1 rings (SSSR count). The molecule has 0 saturated carbocycles. The predicted molar refractivity (Wildman–Crippen MR) is 74.0 cm³/mol. The van der Waals surface area contributed by atoms with Crippen molar-refractivity contribution in [1.82, 2.24) is 9.88 Å². The molecule has 4 nitrogen and oxygen atoms in total. The normalized spacial score (nSPS) is 12.6. The third-order valence-corrected chi connectivity index (χ3v) is 4.09. The van der Waals surface area contributed by atoms with E-state index in [-0.39, 0.29) is 5.91 Å². The van der Waals surface area contributed by atoms with E-state index in [2.05, 4.69) is 9.88 Å². The lowest BCUT2D eigenvalue weighted by Gasteiger charge is -2.36. The molecule has 0 atom stereocenters. The lowest BCUT2D eigenvalue weighted by Crippen LogP contribution is -2.55. The second-order valence-corrected chi connectivity index (χ2v) is 6.05. The van der Waals surface area contributed by atoms with E-state index in [4.69, 9.17) is 5.73 Å². The molecule has 0 saturated heterocycles. The number of hydrogen-bond donors (Lipinski definition) is 2. The van der Waals surface area contributed by atoms with Crippen LogP contribution in [0, 0.1) is 12.3 Å². The van der Waals surface area contributed by atoms with Crippen LogP contribution in [0.1, 0.15) is 39.1 Å². The second-order valence-electron chi connectivity index (χ2n) is 6.05. The monoisotopic (exact) mass is 251 g/mol. The van der Waals surface area contributed by atoms with E-state index in [0.29, 0.717) is 6.54 Å². The minimum atomic E-state index is -0.604. The first kappa shape index (κ1) is 14.8. The number of nitrogens with one attached hydrogen (secondary N) is 1. The number of carbonyl (C=O) groups excluding carboxylic acids is 1. The van der Waals surface area contributed by atoms with Gasteiger partial charge in [0, 0.05) is 24.0 Å². The molecule has 0 aliphatic heterocycles. The molecule has 18 heavy (non-hydrogen) atoms. The second kappa shape index (κ2) is 4.76. The third kappa shape index (κ3) is 2.75. The fourth-order valence-corrected chi connectivity index (χ4v) is 1.53. The molecule has 0 radical (unpaired) electrons. The molecule has 0 spiro atoms. The standard InChI is InChI=1S/C14H25N3O/c1-10-7-8-11(17(10)6)9-16-12(18)13(2,3)14(4,5)15/h7-8H,9,15H2,1-6H3,(H,16,18). The number of hydrogen-bond acceptors (Lipinski definition) is 2. The molecular formula is C14H25N3O. The van der Waals surface area contributed by atoms with Crippen LogP contribution in [-0.4, -0.2) is 16.0 Å². The van der Waals surface area contributed by atoms with E-state index >= 15 is 0 Å². The van der Waals surface area contributed by atoms with Crippen LogP contribution in [0.5, 0.6) is 0 Å². The van der Waals surface area contributed by atoms with E-state index in [0.717, 1.165) is 5.69 Å². The number of rotatable bonds is 4. The first-order valence-corrected chi connectivity index (χ1v) is 6.26. The minimum Gasteiger partial charge on any atom is -0.350 e. The molecule has 102 valence electrons. The van der Waals surface area contributed by atoms with Gasteiger partial charge in [0.2, 0.25) is 5.91 Å². The Bertz CT molecular complexity index is 438.